The lowest BCUT2D eigenvalue weighted by atomic mass is 9.97. The van der Waals surface area contributed by atoms with Crippen molar-refractivity contribution in [2.24, 2.45) is 5.92 Å². The molecule has 0 spiro atoms. The van der Waals surface area contributed by atoms with Crippen LogP contribution in [-0.2, 0) is 22.6 Å². The lowest BCUT2D eigenvalue weighted by molar-refractivity contribution is -0.138. The lowest BCUT2D eigenvalue weighted by Crippen LogP contribution is -2.33. The fraction of sp³-hybridized carbons (Fsp3) is 0.448. The van der Waals surface area contributed by atoms with E-state index < -0.39 is 5.97 Å². The lowest BCUT2D eigenvalue weighted by Gasteiger charge is -2.33. The van der Waals surface area contributed by atoms with Gasteiger partial charge in [0.05, 0.1) is 13.0 Å². The van der Waals surface area contributed by atoms with Gasteiger partial charge in [-0.2, -0.15) is 0 Å². The number of nitrogens with zero attached hydrogens (tertiary/aromatic N) is 2. The average Bonchev–Trinajstić information content (AvgIpc) is 3.16. The Morgan fingerprint density at radius 1 is 1.17 bits per heavy atom. The molecule has 0 saturated carbocycles. The third kappa shape index (κ3) is 6.29. The number of carboxylic acids is 1. The number of carboxylic acid groups (broad SMARTS) is 1. The minimum absolute atomic E-state index is 0.0346. The third-order valence-electron chi connectivity index (χ3n) is 6.85. The molecule has 1 fully saturated rings. The topological polar surface area (TPSA) is 70.1 Å². The molecule has 1 amide bonds. The molecule has 1 unspecified atom stereocenters. The van der Waals surface area contributed by atoms with Gasteiger partial charge in [-0.05, 0) is 60.1 Å². The number of allylic oxidation sites excluding steroid dienone is 2. The first-order chi connectivity index (χ1) is 17.2. The maximum absolute atomic E-state index is 12.5. The summed E-state index contributed by atoms with van der Waals surface area (Å²) in [5.41, 5.74) is 4.97. The smallest absolute Gasteiger partial charge is 0.305 e. The maximum atomic E-state index is 12.5. The minimum atomic E-state index is -0.855. The molecule has 1 N–H and O–H groups in total. The van der Waals surface area contributed by atoms with Gasteiger partial charge in [0.15, 0.2) is 0 Å². The number of carbonyl (C=O) groups excluding carboxylic acids is 1. The summed E-state index contributed by atoms with van der Waals surface area (Å²) in [6, 6.07) is 11.7. The highest BCUT2D eigenvalue weighted by atomic mass is 35.5. The van der Waals surface area contributed by atoms with Crippen LogP contribution in [0.2, 0.25) is 5.02 Å². The van der Waals surface area contributed by atoms with Crippen molar-refractivity contribution in [2.75, 3.05) is 19.7 Å². The molecule has 36 heavy (non-hydrogen) atoms. The fourth-order valence-electron chi connectivity index (χ4n) is 5.17. The standard InChI is InChI=1S/C29H35ClN2O4/c1-19(2)17-31-18-22-6-10-27(20(3)14-22)36-13-12-32-23(8-11-28(32)33)7-4-21-5-9-24(25(30)15-21)26(31)16-29(34)35/h5-7,9-10,14-15,19,26H,4,8,11-13,16-18H2,1-3H3,(H,34,35)/b23-7-. The number of amides is 1. The van der Waals surface area contributed by atoms with Gasteiger partial charge in [0, 0.05) is 36.3 Å². The van der Waals surface area contributed by atoms with Crippen molar-refractivity contribution >= 4 is 23.5 Å². The Morgan fingerprint density at radius 2 is 1.94 bits per heavy atom. The van der Waals surface area contributed by atoms with Gasteiger partial charge in [0.2, 0.25) is 5.91 Å². The zero-order valence-electron chi connectivity index (χ0n) is 21.3. The summed E-state index contributed by atoms with van der Waals surface area (Å²) in [6.45, 7) is 8.57. The second-order valence-corrected chi connectivity index (χ2v) is 10.6. The van der Waals surface area contributed by atoms with Gasteiger partial charge < -0.3 is 14.7 Å². The van der Waals surface area contributed by atoms with E-state index in [0.29, 0.717) is 43.5 Å². The van der Waals surface area contributed by atoms with Crippen LogP contribution in [0, 0.1) is 12.8 Å². The number of benzene rings is 2. The van der Waals surface area contributed by atoms with Gasteiger partial charge in [-0.3, -0.25) is 14.5 Å². The van der Waals surface area contributed by atoms with E-state index in [1.165, 1.54) is 0 Å². The summed E-state index contributed by atoms with van der Waals surface area (Å²) in [5.74, 6) is 0.421. The SMILES string of the molecule is Cc1cc2ccc1OCCN1C(=O)CC/C1=C/Cc1ccc(c(Cl)c1)C(CC(=O)O)N(CC(C)C)C2. The fourth-order valence-corrected chi connectivity index (χ4v) is 5.50. The highest BCUT2D eigenvalue weighted by molar-refractivity contribution is 6.31. The van der Waals surface area contributed by atoms with Gasteiger partial charge in [0.25, 0.3) is 0 Å². The van der Waals surface area contributed by atoms with Crippen molar-refractivity contribution in [1.82, 2.24) is 9.80 Å². The van der Waals surface area contributed by atoms with Crippen LogP contribution in [0.5, 0.6) is 5.75 Å². The first-order valence-corrected chi connectivity index (χ1v) is 13.0. The Balaban J connectivity index is 1.77. The predicted molar refractivity (Wildman–Crippen MR) is 141 cm³/mol. The van der Waals surface area contributed by atoms with Gasteiger partial charge in [-0.15, -0.1) is 0 Å². The highest BCUT2D eigenvalue weighted by Gasteiger charge is 2.28. The molecule has 2 aromatic rings. The van der Waals surface area contributed by atoms with Crippen molar-refractivity contribution < 1.29 is 19.4 Å². The summed E-state index contributed by atoms with van der Waals surface area (Å²) < 4.78 is 6.06. The van der Waals surface area contributed by atoms with Crippen molar-refractivity contribution in [3.63, 3.8) is 0 Å². The van der Waals surface area contributed by atoms with E-state index in [9.17, 15) is 14.7 Å². The van der Waals surface area contributed by atoms with Gasteiger partial charge >= 0.3 is 5.97 Å². The number of ether oxygens (including phenoxy) is 1. The Bertz CT molecular complexity index is 1160. The molecule has 2 aromatic carbocycles. The minimum Gasteiger partial charge on any atom is -0.491 e. The molecule has 7 heteroatoms. The summed E-state index contributed by atoms with van der Waals surface area (Å²) in [4.78, 5) is 28.5. The number of rotatable bonds is 4. The van der Waals surface area contributed by atoms with E-state index in [1.54, 1.807) is 0 Å². The molecule has 192 valence electrons. The predicted octanol–water partition coefficient (Wildman–Crippen LogP) is 5.76. The van der Waals surface area contributed by atoms with Crippen LogP contribution in [0.3, 0.4) is 0 Å². The molecule has 6 nitrogen and oxygen atoms in total. The Labute approximate surface area is 218 Å². The first-order valence-electron chi connectivity index (χ1n) is 12.7. The van der Waals surface area contributed by atoms with Crippen LogP contribution in [0.4, 0.5) is 0 Å². The van der Waals surface area contributed by atoms with Gasteiger partial charge in [-0.1, -0.05) is 55.8 Å². The largest absolute Gasteiger partial charge is 0.491 e. The maximum Gasteiger partial charge on any atom is 0.305 e. The van der Waals surface area contributed by atoms with Crippen molar-refractivity contribution in [2.45, 2.75) is 59.0 Å². The molecule has 7 rings (SSSR count). The summed E-state index contributed by atoms with van der Waals surface area (Å²) in [5, 5.41) is 10.4. The van der Waals surface area contributed by atoms with Gasteiger partial charge in [0.1, 0.15) is 12.4 Å². The number of carbonyl (C=O) groups is 2. The molecule has 4 bridgehead atoms. The van der Waals surface area contributed by atoms with Crippen molar-refractivity contribution in [3.8, 4) is 5.75 Å². The average molecular weight is 511 g/mol. The van der Waals surface area contributed by atoms with Crippen LogP contribution in [0.15, 0.2) is 48.2 Å². The third-order valence-corrected chi connectivity index (χ3v) is 7.17. The van der Waals surface area contributed by atoms with Crippen molar-refractivity contribution in [3.05, 3.63) is 75.4 Å². The van der Waals surface area contributed by atoms with Gasteiger partial charge in [-0.25, -0.2) is 0 Å². The van der Waals surface area contributed by atoms with E-state index in [0.717, 1.165) is 46.7 Å². The first kappa shape index (κ1) is 26.2. The zero-order valence-corrected chi connectivity index (χ0v) is 22.1. The number of halogens is 1. The number of aliphatic carboxylic acids is 1. The zero-order chi connectivity index (χ0) is 25.8. The number of hydrogen-bond acceptors (Lipinski definition) is 4. The second kappa shape index (κ2) is 11.5. The van der Waals surface area contributed by atoms with E-state index in [1.807, 2.05) is 42.2 Å². The quantitative estimate of drug-likeness (QED) is 0.566. The normalized spacial score (nSPS) is 20.6. The summed E-state index contributed by atoms with van der Waals surface area (Å²) in [6.07, 6.45) is 3.95. The molecule has 5 aliphatic heterocycles. The molecule has 0 aliphatic carbocycles. The summed E-state index contributed by atoms with van der Waals surface area (Å²) >= 11 is 6.80. The van der Waals surface area contributed by atoms with Crippen LogP contribution in [0.25, 0.3) is 0 Å². The van der Waals surface area contributed by atoms with Crippen molar-refractivity contribution in [1.29, 1.82) is 0 Å². The highest BCUT2D eigenvalue weighted by Crippen LogP contribution is 2.34. The molecule has 5 aliphatic rings. The molecular weight excluding hydrogens is 476 g/mol. The molecule has 1 saturated heterocycles. The number of aryl methyl sites for hydroxylation is 1. The van der Waals surface area contributed by atoms with E-state index in [2.05, 4.69) is 30.9 Å². The van der Waals surface area contributed by atoms with E-state index in [-0.39, 0.29) is 18.4 Å². The molecule has 1 atom stereocenters. The van der Waals surface area contributed by atoms with Crippen LogP contribution >= 0.6 is 11.6 Å². The molecule has 0 radical (unpaired) electrons. The molecular formula is C29H35ClN2O4. The Kier molecular flexibility index (Phi) is 8.37. The second-order valence-electron chi connectivity index (χ2n) is 10.2. The van der Waals surface area contributed by atoms with E-state index in [4.69, 9.17) is 16.3 Å². The monoisotopic (exact) mass is 510 g/mol. The van der Waals surface area contributed by atoms with Crippen LogP contribution in [-0.4, -0.2) is 46.5 Å². The van der Waals surface area contributed by atoms with E-state index >= 15 is 0 Å². The number of hydrogen-bond donors (Lipinski definition) is 1. The Hall–Kier alpha value is -2.83. The molecule has 0 aromatic heterocycles. The summed E-state index contributed by atoms with van der Waals surface area (Å²) in [7, 11) is 0. The Morgan fingerprint density at radius 3 is 2.64 bits per heavy atom. The van der Waals surface area contributed by atoms with Crippen LogP contribution < -0.4 is 4.74 Å². The van der Waals surface area contributed by atoms with Crippen LogP contribution in [0.1, 0.15) is 61.4 Å². The molecule has 5 heterocycles.